The normalized spacial score (nSPS) is 10.6. The zero-order chi connectivity index (χ0) is 20.5. The summed E-state index contributed by atoms with van der Waals surface area (Å²) in [6.07, 6.45) is 1.29. The van der Waals surface area contributed by atoms with Gasteiger partial charge in [0, 0.05) is 27.3 Å². The van der Waals surface area contributed by atoms with Crippen LogP contribution >= 0.6 is 0 Å². The minimum atomic E-state index is -0.494. The lowest BCUT2D eigenvalue weighted by molar-refractivity contribution is -0.383. The van der Waals surface area contributed by atoms with Gasteiger partial charge in [0.15, 0.2) is 0 Å². The molecular formula is C18H25N5O5. The highest BCUT2D eigenvalue weighted by atomic mass is 16.6. The number of aromatic nitrogens is 2. The molecule has 10 heteroatoms. The summed E-state index contributed by atoms with van der Waals surface area (Å²) in [5.41, 5.74) is 1.33. The molecule has 10 nitrogen and oxygen atoms in total. The molecular weight excluding hydrogens is 366 g/mol. The highest BCUT2D eigenvalue weighted by molar-refractivity contribution is 5.76. The van der Waals surface area contributed by atoms with Gasteiger partial charge in [-0.2, -0.15) is 0 Å². The van der Waals surface area contributed by atoms with Gasteiger partial charge in [0.05, 0.1) is 30.9 Å². The van der Waals surface area contributed by atoms with Gasteiger partial charge in [-0.1, -0.05) is 6.07 Å². The molecule has 0 aliphatic carbocycles. The Kier molecular flexibility index (Phi) is 7.90. The number of methoxy groups -OCH3 is 3. The minimum Gasteiger partial charge on any atom is -0.495 e. The van der Waals surface area contributed by atoms with Gasteiger partial charge in [-0.3, -0.25) is 10.1 Å². The van der Waals surface area contributed by atoms with Gasteiger partial charge < -0.3 is 24.4 Å². The Bertz CT molecular complexity index is 794. The van der Waals surface area contributed by atoms with E-state index >= 15 is 0 Å². The average Bonchev–Trinajstić information content (AvgIpc) is 2.68. The smallest absolute Gasteiger partial charge is 0.353 e. The maximum atomic E-state index is 11.9. The van der Waals surface area contributed by atoms with Crippen molar-refractivity contribution in [2.75, 3.05) is 57.8 Å². The van der Waals surface area contributed by atoms with Crippen LogP contribution in [-0.2, 0) is 9.47 Å². The van der Waals surface area contributed by atoms with E-state index in [1.165, 1.54) is 13.4 Å². The Morgan fingerprint density at radius 1 is 1.14 bits per heavy atom. The Morgan fingerprint density at radius 2 is 1.82 bits per heavy atom. The number of nitro groups is 1. The van der Waals surface area contributed by atoms with Crippen LogP contribution in [0.25, 0.3) is 0 Å². The summed E-state index contributed by atoms with van der Waals surface area (Å²) in [5.74, 6) is 0.831. The van der Waals surface area contributed by atoms with Crippen molar-refractivity contribution in [2.24, 2.45) is 0 Å². The topological polar surface area (TPSA) is 112 Å². The fraction of sp³-hybridized carbons (Fsp3) is 0.444. The van der Waals surface area contributed by atoms with Crippen LogP contribution in [0.3, 0.4) is 0 Å². The number of nitrogens with one attached hydrogen (secondary N) is 1. The van der Waals surface area contributed by atoms with Crippen molar-refractivity contribution in [3.05, 3.63) is 40.2 Å². The summed E-state index contributed by atoms with van der Waals surface area (Å²) < 4.78 is 15.6. The fourth-order valence-electron chi connectivity index (χ4n) is 2.63. The van der Waals surface area contributed by atoms with Gasteiger partial charge in [-0.05, 0) is 24.6 Å². The molecule has 0 unspecified atom stereocenters. The molecule has 2 aromatic rings. The van der Waals surface area contributed by atoms with Crippen LogP contribution < -0.4 is 15.0 Å². The van der Waals surface area contributed by atoms with E-state index in [2.05, 4.69) is 15.3 Å². The SMILES string of the molecule is COCCN(CCOC)c1ncnc(Nc2cc(C)ccc2OC)c1[N+](=O)[O-]. The second-order valence-electron chi connectivity index (χ2n) is 5.95. The number of aryl methyl sites for hydroxylation is 1. The van der Waals surface area contributed by atoms with E-state index in [9.17, 15) is 10.1 Å². The molecule has 0 radical (unpaired) electrons. The summed E-state index contributed by atoms with van der Waals surface area (Å²) in [6.45, 7) is 3.54. The molecule has 152 valence electrons. The van der Waals surface area contributed by atoms with Gasteiger partial charge in [0.2, 0.25) is 11.6 Å². The fourth-order valence-corrected chi connectivity index (χ4v) is 2.63. The predicted octanol–water partition coefficient (Wildman–Crippen LogP) is 2.54. The molecule has 1 aromatic heterocycles. The molecule has 1 aromatic carbocycles. The van der Waals surface area contributed by atoms with Crippen LogP contribution in [-0.4, -0.2) is 62.5 Å². The zero-order valence-electron chi connectivity index (χ0n) is 16.5. The standard InChI is InChI=1S/C18H25N5O5/c1-13-5-6-15(28-4)14(11-13)21-17-16(23(24)25)18(20-12-19-17)22(7-9-26-2)8-10-27-3/h5-6,11-12H,7-10H2,1-4H3,(H,19,20,21). The number of anilines is 3. The number of hydrogen-bond acceptors (Lipinski definition) is 9. The summed E-state index contributed by atoms with van der Waals surface area (Å²) >= 11 is 0. The summed E-state index contributed by atoms with van der Waals surface area (Å²) in [7, 11) is 4.67. The van der Waals surface area contributed by atoms with Gasteiger partial charge in [-0.25, -0.2) is 9.97 Å². The molecule has 0 atom stereocenters. The van der Waals surface area contributed by atoms with Gasteiger partial charge >= 0.3 is 5.69 Å². The molecule has 28 heavy (non-hydrogen) atoms. The molecule has 0 amide bonds. The van der Waals surface area contributed by atoms with Gasteiger partial charge in [-0.15, -0.1) is 0 Å². The first-order chi connectivity index (χ1) is 13.5. The van der Waals surface area contributed by atoms with Crippen molar-refractivity contribution >= 4 is 23.0 Å². The lowest BCUT2D eigenvalue weighted by atomic mass is 10.2. The third kappa shape index (κ3) is 5.27. The molecule has 0 fully saturated rings. The second kappa shape index (κ2) is 10.4. The van der Waals surface area contributed by atoms with Crippen LogP contribution in [0.5, 0.6) is 5.75 Å². The number of ether oxygens (including phenoxy) is 3. The number of rotatable bonds is 11. The van der Waals surface area contributed by atoms with Crippen LogP contribution in [0.1, 0.15) is 5.56 Å². The van der Waals surface area contributed by atoms with Crippen molar-refractivity contribution in [1.29, 1.82) is 0 Å². The van der Waals surface area contributed by atoms with Gasteiger partial charge in [0.25, 0.3) is 0 Å². The first kappa shape index (κ1) is 21.3. The highest BCUT2D eigenvalue weighted by Crippen LogP contribution is 2.36. The van der Waals surface area contributed by atoms with E-state index in [1.807, 2.05) is 19.1 Å². The van der Waals surface area contributed by atoms with E-state index in [4.69, 9.17) is 14.2 Å². The zero-order valence-corrected chi connectivity index (χ0v) is 16.5. The van der Waals surface area contributed by atoms with E-state index in [0.717, 1.165) is 5.56 Å². The number of hydrogen-bond donors (Lipinski definition) is 1. The van der Waals surface area contributed by atoms with Crippen LogP contribution in [0, 0.1) is 17.0 Å². The Balaban J connectivity index is 2.47. The quantitative estimate of drug-likeness (QED) is 0.456. The van der Waals surface area contributed by atoms with E-state index in [0.29, 0.717) is 37.7 Å². The highest BCUT2D eigenvalue weighted by Gasteiger charge is 2.27. The maximum absolute atomic E-state index is 11.9. The third-order valence-corrected chi connectivity index (χ3v) is 4.02. The first-order valence-electron chi connectivity index (χ1n) is 8.65. The molecule has 0 saturated carbocycles. The van der Waals surface area contributed by atoms with Crippen molar-refractivity contribution in [1.82, 2.24) is 9.97 Å². The van der Waals surface area contributed by atoms with Crippen molar-refractivity contribution < 1.29 is 19.1 Å². The van der Waals surface area contributed by atoms with E-state index < -0.39 is 4.92 Å². The Hall–Kier alpha value is -2.98. The maximum Gasteiger partial charge on any atom is 0.353 e. The molecule has 0 aliphatic heterocycles. The second-order valence-corrected chi connectivity index (χ2v) is 5.95. The van der Waals surface area contributed by atoms with Crippen LogP contribution in [0.2, 0.25) is 0 Å². The van der Waals surface area contributed by atoms with E-state index in [1.54, 1.807) is 25.2 Å². The summed E-state index contributed by atoms with van der Waals surface area (Å²) in [5, 5.41) is 14.9. The molecule has 0 spiro atoms. The molecule has 0 aliphatic rings. The van der Waals surface area contributed by atoms with Crippen molar-refractivity contribution in [3.8, 4) is 5.75 Å². The molecule has 2 rings (SSSR count). The average molecular weight is 391 g/mol. The number of benzene rings is 1. The minimum absolute atomic E-state index is 0.0822. The third-order valence-electron chi connectivity index (χ3n) is 4.02. The van der Waals surface area contributed by atoms with Crippen LogP contribution in [0.4, 0.5) is 23.0 Å². The number of nitrogens with zero attached hydrogens (tertiary/aromatic N) is 4. The Labute approximate surface area is 163 Å². The van der Waals surface area contributed by atoms with Gasteiger partial charge in [0.1, 0.15) is 12.1 Å². The molecule has 0 saturated heterocycles. The lowest BCUT2D eigenvalue weighted by Crippen LogP contribution is -2.32. The monoisotopic (exact) mass is 391 g/mol. The summed E-state index contributed by atoms with van der Waals surface area (Å²) in [4.78, 5) is 21.4. The largest absolute Gasteiger partial charge is 0.495 e. The predicted molar refractivity (Wildman–Crippen MR) is 106 cm³/mol. The van der Waals surface area contributed by atoms with Crippen molar-refractivity contribution in [2.45, 2.75) is 6.92 Å². The summed E-state index contributed by atoms with van der Waals surface area (Å²) in [6, 6.07) is 5.51. The van der Waals surface area contributed by atoms with E-state index in [-0.39, 0.29) is 17.3 Å². The molecule has 1 N–H and O–H groups in total. The first-order valence-corrected chi connectivity index (χ1v) is 8.65. The molecule has 1 heterocycles. The Morgan fingerprint density at radius 3 is 2.39 bits per heavy atom. The molecule has 0 bridgehead atoms. The van der Waals surface area contributed by atoms with Crippen LogP contribution in [0.15, 0.2) is 24.5 Å². The van der Waals surface area contributed by atoms with Crippen molar-refractivity contribution in [3.63, 3.8) is 0 Å². The lowest BCUT2D eigenvalue weighted by Gasteiger charge is -2.23.